The largest absolute Gasteiger partial charge is 0.387 e. The summed E-state index contributed by atoms with van der Waals surface area (Å²) in [7, 11) is 17.6. The number of hydrogen-bond acceptors (Lipinski definition) is 12. The Labute approximate surface area is 167 Å². The second-order valence-corrected chi connectivity index (χ2v) is 6.64. The molecule has 27 heavy (non-hydrogen) atoms. The maximum absolute atomic E-state index is 3.61. The van der Waals surface area contributed by atoms with Gasteiger partial charge in [0.1, 0.15) is 0 Å². The van der Waals surface area contributed by atoms with E-state index in [1.807, 2.05) is 42.3 Å². The molecule has 0 atom stereocenters. The molecular formula is C9H36B6N12. The highest BCUT2D eigenvalue weighted by molar-refractivity contribution is 6.91. The van der Waals surface area contributed by atoms with Crippen LogP contribution in [0, 0.1) is 0 Å². The summed E-state index contributed by atoms with van der Waals surface area (Å²) < 4.78 is 6.51. The van der Waals surface area contributed by atoms with E-state index in [4.69, 9.17) is 0 Å². The van der Waals surface area contributed by atoms with E-state index in [0.717, 1.165) is 0 Å². The van der Waals surface area contributed by atoms with Crippen molar-refractivity contribution in [2.75, 3.05) is 63.4 Å². The molecule has 1 aliphatic heterocycles. The lowest BCUT2D eigenvalue weighted by Gasteiger charge is -2.44. The van der Waals surface area contributed by atoms with E-state index in [1.54, 1.807) is 0 Å². The van der Waals surface area contributed by atoms with Gasteiger partial charge in [-0.25, -0.2) is 0 Å². The van der Waals surface area contributed by atoms with E-state index >= 15 is 0 Å². The molecule has 0 spiro atoms. The molecule has 9 N–H and O–H groups in total. The van der Waals surface area contributed by atoms with Gasteiger partial charge in [0.05, 0.1) is 0 Å². The Morgan fingerprint density at radius 1 is 0.481 bits per heavy atom. The van der Waals surface area contributed by atoms with Crippen LogP contribution in [-0.2, 0) is 0 Å². The Morgan fingerprint density at radius 3 is 0.815 bits per heavy atom. The average Bonchev–Trinajstić information content (AvgIpc) is 2.70. The molecule has 1 saturated heterocycles. The second-order valence-electron chi connectivity index (χ2n) is 6.64. The van der Waals surface area contributed by atoms with Gasteiger partial charge in [0.2, 0.25) is 0 Å². The van der Waals surface area contributed by atoms with Gasteiger partial charge < -0.3 is 60.9 Å². The van der Waals surface area contributed by atoms with E-state index in [-0.39, 0.29) is 42.7 Å². The summed E-state index contributed by atoms with van der Waals surface area (Å²) in [6, 6.07) is 0. The van der Waals surface area contributed by atoms with Crippen LogP contribution in [-0.4, -0.2) is 120 Å². The molecule has 0 bridgehead atoms. The van der Waals surface area contributed by atoms with Crippen LogP contribution >= 0.6 is 0 Å². The molecule has 0 unspecified atom stereocenters. The minimum Gasteiger partial charge on any atom is -0.343 e. The van der Waals surface area contributed by atoms with Gasteiger partial charge in [0.25, 0.3) is 0 Å². The van der Waals surface area contributed by atoms with Crippen molar-refractivity contribution >= 4 is 42.7 Å². The van der Waals surface area contributed by atoms with E-state index in [2.05, 4.69) is 82.1 Å². The first kappa shape index (κ1) is 24.9. The molecule has 0 amide bonds. The van der Waals surface area contributed by atoms with Crippen molar-refractivity contribution in [3.63, 3.8) is 0 Å². The Bertz CT molecular complexity index is 338. The third-order valence-electron chi connectivity index (χ3n) is 5.03. The van der Waals surface area contributed by atoms with Crippen LogP contribution in [0.4, 0.5) is 0 Å². The van der Waals surface area contributed by atoms with Crippen molar-refractivity contribution in [2.45, 2.75) is 0 Å². The molecule has 1 aliphatic rings. The van der Waals surface area contributed by atoms with Gasteiger partial charge in [-0.1, -0.05) is 0 Å². The van der Waals surface area contributed by atoms with Gasteiger partial charge >= 0.3 is 42.7 Å². The monoisotopic (exact) mass is 378 g/mol. The number of rotatable bonds is 12. The topological polar surface area (TPSA) is 118 Å². The van der Waals surface area contributed by atoms with Crippen molar-refractivity contribution in [1.82, 2.24) is 60.9 Å². The van der Waals surface area contributed by atoms with Crippen molar-refractivity contribution in [3.05, 3.63) is 0 Å². The lowest BCUT2D eigenvalue weighted by Crippen LogP contribution is -2.89. The van der Waals surface area contributed by atoms with Crippen LogP contribution in [0.25, 0.3) is 0 Å². The Kier molecular flexibility index (Phi) is 11.5. The molecule has 0 aromatic heterocycles. The fraction of sp³-hybridized carbons (Fsp3) is 1.00. The first-order valence-corrected chi connectivity index (χ1v) is 9.35. The van der Waals surface area contributed by atoms with Crippen LogP contribution in [0.2, 0.25) is 0 Å². The van der Waals surface area contributed by atoms with Crippen LogP contribution in [0.3, 0.4) is 0 Å². The maximum atomic E-state index is 3.61. The molecule has 150 valence electrons. The first-order valence-electron chi connectivity index (χ1n) is 9.35. The summed E-state index contributed by atoms with van der Waals surface area (Å²) >= 11 is 0. The quantitative estimate of drug-likeness (QED) is 0.151. The van der Waals surface area contributed by atoms with E-state index < -0.39 is 0 Å². The van der Waals surface area contributed by atoms with Crippen molar-refractivity contribution in [3.8, 4) is 0 Å². The SMILES string of the molecule is CNB(NC)N(C)B1NB(N(C)B(NC)NC)NB(N(C)B(NC)NC)N1. The number of hydrogen-bond donors (Lipinski definition) is 9. The van der Waals surface area contributed by atoms with Gasteiger partial charge in [-0.2, -0.15) is 0 Å². The van der Waals surface area contributed by atoms with Crippen LogP contribution < -0.4 is 46.8 Å². The zero-order valence-electron chi connectivity index (χ0n) is 18.3. The minimum absolute atomic E-state index is 0.0128. The predicted octanol–water partition coefficient (Wildman–Crippen LogP) is -6.21. The molecule has 1 fully saturated rings. The lowest BCUT2D eigenvalue weighted by atomic mass is 9.55. The number of nitrogens with zero attached hydrogens (tertiary/aromatic N) is 3. The van der Waals surface area contributed by atoms with Crippen molar-refractivity contribution in [1.29, 1.82) is 0 Å². The lowest BCUT2D eigenvalue weighted by molar-refractivity contribution is 0.650. The third-order valence-corrected chi connectivity index (χ3v) is 5.03. The standard InChI is InChI=1S/C9H36B6N12/c1-16-10(17-2)25(7)13-22-14(26(8)11(18-3)19-4)24-15(23-13)27(9)12(20-5)21-6/h16-24H,1-9H3. The predicted molar refractivity (Wildman–Crippen MR) is 122 cm³/mol. The molecular weight excluding hydrogens is 341 g/mol. The van der Waals surface area contributed by atoms with Crippen LogP contribution in [0.15, 0.2) is 0 Å². The smallest absolute Gasteiger partial charge is 0.343 e. The highest BCUT2D eigenvalue weighted by Gasteiger charge is 2.46. The summed E-state index contributed by atoms with van der Waals surface area (Å²) in [6.07, 6.45) is 0. The highest BCUT2D eigenvalue weighted by Crippen LogP contribution is 1.99. The van der Waals surface area contributed by atoms with Gasteiger partial charge in [-0.15, -0.1) is 0 Å². The van der Waals surface area contributed by atoms with Crippen LogP contribution in [0.1, 0.15) is 0 Å². The van der Waals surface area contributed by atoms with Crippen molar-refractivity contribution < 1.29 is 0 Å². The second kappa shape index (κ2) is 12.5. The summed E-state index contributed by atoms with van der Waals surface area (Å²) in [4.78, 5) is 0. The fourth-order valence-electron chi connectivity index (χ4n) is 3.40. The van der Waals surface area contributed by atoms with Gasteiger partial charge in [-0.3, -0.25) is 0 Å². The summed E-state index contributed by atoms with van der Waals surface area (Å²) in [5.74, 6) is 0. The maximum Gasteiger partial charge on any atom is 0.387 e. The Balaban J connectivity index is 3.04. The van der Waals surface area contributed by atoms with Gasteiger partial charge in [0, 0.05) is 0 Å². The van der Waals surface area contributed by atoms with Gasteiger partial charge in [-0.05, 0) is 63.4 Å². The van der Waals surface area contributed by atoms with Crippen LogP contribution in [0.5, 0.6) is 0 Å². The highest BCUT2D eigenvalue weighted by atomic mass is 15.4. The summed E-state index contributed by atoms with van der Waals surface area (Å²) in [6.45, 7) is 0. The zero-order valence-corrected chi connectivity index (χ0v) is 18.3. The molecule has 0 saturated carbocycles. The molecule has 1 heterocycles. The third kappa shape index (κ3) is 6.45. The Hall–Kier alpha value is -0.0904. The van der Waals surface area contributed by atoms with Gasteiger partial charge in [0.15, 0.2) is 0 Å². The minimum atomic E-state index is -0.0835. The molecule has 12 nitrogen and oxygen atoms in total. The van der Waals surface area contributed by atoms with E-state index in [0.29, 0.717) is 0 Å². The molecule has 1 rings (SSSR count). The summed E-state index contributed by atoms with van der Waals surface area (Å²) in [5.41, 5.74) is 0. The molecule has 18 heteroatoms. The van der Waals surface area contributed by atoms with E-state index in [1.165, 1.54) is 0 Å². The molecule has 0 aromatic carbocycles. The fourth-order valence-corrected chi connectivity index (χ4v) is 3.40. The Morgan fingerprint density at radius 2 is 0.667 bits per heavy atom. The molecule has 0 aromatic rings. The number of nitrogens with one attached hydrogen (secondary N) is 9. The average molecular weight is 377 g/mol. The molecule has 0 radical (unpaired) electrons. The normalized spacial score (nSPS) is 15.3. The summed E-state index contributed by atoms with van der Waals surface area (Å²) in [5, 5.41) is 30.4. The van der Waals surface area contributed by atoms with Crippen molar-refractivity contribution in [2.24, 2.45) is 0 Å². The van der Waals surface area contributed by atoms with E-state index in [9.17, 15) is 0 Å². The zero-order chi connectivity index (χ0) is 20.6. The molecule has 0 aliphatic carbocycles. The first-order chi connectivity index (χ1) is 12.9.